The predicted molar refractivity (Wildman–Crippen MR) is 67.7 cm³/mol. The molecule has 3 heterocycles. The van der Waals surface area contributed by atoms with Gasteiger partial charge in [0.1, 0.15) is 0 Å². The van der Waals surface area contributed by atoms with Gasteiger partial charge in [0, 0.05) is 30.2 Å². The fourth-order valence-corrected chi connectivity index (χ4v) is 2.61. The fourth-order valence-electron chi connectivity index (χ4n) is 2.61. The van der Waals surface area contributed by atoms with Crippen LogP contribution < -0.4 is 5.32 Å². The van der Waals surface area contributed by atoms with Crippen LogP contribution in [0, 0.1) is 6.92 Å². The van der Waals surface area contributed by atoms with Gasteiger partial charge in [0.25, 0.3) is 0 Å². The lowest BCUT2D eigenvalue weighted by molar-refractivity contribution is 0.605. The average molecular weight is 230 g/mol. The van der Waals surface area contributed by atoms with Gasteiger partial charge in [0.2, 0.25) is 0 Å². The zero-order valence-corrected chi connectivity index (χ0v) is 10.3. The van der Waals surface area contributed by atoms with Crippen LogP contribution in [0.4, 0.5) is 0 Å². The van der Waals surface area contributed by atoms with Crippen molar-refractivity contribution in [2.24, 2.45) is 7.05 Å². The van der Waals surface area contributed by atoms with Crippen molar-refractivity contribution in [3.63, 3.8) is 0 Å². The SMILES string of the molecule is Cc1c(-c2ccc[nH]2)c(C2CCCN2)nn1C. The van der Waals surface area contributed by atoms with E-state index >= 15 is 0 Å². The van der Waals surface area contributed by atoms with E-state index in [-0.39, 0.29) is 0 Å². The average Bonchev–Trinajstić information content (AvgIpc) is 3.01. The van der Waals surface area contributed by atoms with Crippen LogP contribution in [-0.4, -0.2) is 21.3 Å². The Morgan fingerprint density at radius 1 is 1.47 bits per heavy atom. The van der Waals surface area contributed by atoms with E-state index in [2.05, 4.69) is 28.4 Å². The molecule has 1 saturated heterocycles. The quantitative estimate of drug-likeness (QED) is 0.830. The first-order valence-corrected chi connectivity index (χ1v) is 6.18. The third kappa shape index (κ3) is 1.69. The van der Waals surface area contributed by atoms with Crippen molar-refractivity contribution >= 4 is 0 Å². The van der Waals surface area contributed by atoms with Gasteiger partial charge < -0.3 is 10.3 Å². The largest absolute Gasteiger partial charge is 0.361 e. The monoisotopic (exact) mass is 230 g/mol. The molecule has 2 aromatic heterocycles. The van der Waals surface area contributed by atoms with Crippen molar-refractivity contribution in [2.75, 3.05) is 6.54 Å². The van der Waals surface area contributed by atoms with Crippen LogP contribution in [0.2, 0.25) is 0 Å². The van der Waals surface area contributed by atoms with Crippen LogP contribution in [0.15, 0.2) is 18.3 Å². The van der Waals surface area contributed by atoms with Gasteiger partial charge in [-0.15, -0.1) is 0 Å². The molecule has 1 aliphatic rings. The molecule has 4 heteroatoms. The van der Waals surface area contributed by atoms with Crippen molar-refractivity contribution in [3.8, 4) is 11.3 Å². The minimum absolute atomic E-state index is 0.410. The lowest BCUT2D eigenvalue weighted by atomic mass is 10.0. The molecule has 0 bridgehead atoms. The second kappa shape index (κ2) is 4.04. The summed E-state index contributed by atoms with van der Waals surface area (Å²) in [7, 11) is 2.01. The Balaban J connectivity index is 2.11. The van der Waals surface area contributed by atoms with E-state index in [0.29, 0.717) is 6.04 Å². The molecule has 1 fully saturated rings. The highest BCUT2D eigenvalue weighted by molar-refractivity contribution is 5.66. The number of rotatable bonds is 2. The zero-order valence-electron chi connectivity index (χ0n) is 10.3. The van der Waals surface area contributed by atoms with E-state index in [0.717, 1.165) is 6.54 Å². The van der Waals surface area contributed by atoms with Crippen LogP contribution in [0.3, 0.4) is 0 Å². The van der Waals surface area contributed by atoms with Crippen molar-refractivity contribution in [1.82, 2.24) is 20.1 Å². The van der Waals surface area contributed by atoms with E-state index in [9.17, 15) is 0 Å². The molecule has 1 atom stereocenters. The van der Waals surface area contributed by atoms with Gasteiger partial charge in [-0.25, -0.2) is 0 Å². The summed E-state index contributed by atoms with van der Waals surface area (Å²) in [6, 6.07) is 4.56. The Morgan fingerprint density at radius 3 is 3.00 bits per heavy atom. The Bertz CT molecular complexity index is 504. The van der Waals surface area contributed by atoms with E-state index in [1.807, 2.05) is 24.0 Å². The molecule has 0 aliphatic carbocycles. The molecule has 90 valence electrons. The first-order chi connectivity index (χ1) is 8.27. The van der Waals surface area contributed by atoms with Crippen LogP contribution in [0.5, 0.6) is 0 Å². The second-order valence-corrected chi connectivity index (χ2v) is 4.70. The van der Waals surface area contributed by atoms with Crippen LogP contribution in [0.25, 0.3) is 11.3 Å². The predicted octanol–water partition coefficient (Wildman–Crippen LogP) is 2.15. The number of nitrogens with zero attached hydrogens (tertiary/aromatic N) is 2. The van der Waals surface area contributed by atoms with Crippen molar-refractivity contribution < 1.29 is 0 Å². The Morgan fingerprint density at radius 2 is 2.35 bits per heavy atom. The van der Waals surface area contributed by atoms with Gasteiger partial charge in [-0.1, -0.05) is 0 Å². The van der Waals surface area contributed by atoms with Crippen LogP contribution >= 0.6 is 0 Å². The normalized spacial score (nSPS) is 20.0. The summed E-state index contributed by atoms with van der Waals surface area (Å²) in [5.41, 5.74) is 4.83. The van der Waals surface area contributed by atoms with Crippen molar-refractivity contribution in [3.05, 3.63) is 29.7 Å². The Kier molecular flexibility index (Phi) is 2.52. The van der Waals surface area contributed by atoms with Gasteiger partial charge in [-0.2, -0.15) is 5.10 Å². The summed E-state index contributed by atoms with van der Waals surface area (Å²) in [6.45, 7) is 3.23. The van der Waals surface area contributed by atoms with E-state index in [4.69, 9.17) is 0 Å². The number of H-pyrrole nitrogens is 1. The molecule has 2 N–H and O–H groups in total. The molecule has 0 aromatic carbocycles. The Labute approximate surface area is 101 Å². The maximum Gasteiger partial charge on any atom is 0.0889 e. The lowest BCUT2D eigenvalue weighted by Crippen LogP contribution is -2.14. The van der Waals surface area contributed by atoms with E-state index in [1.54, 1.807) is 0 Å². The number of aryl methyl sites for hydroxylation is 1. The number of hydrogen-bond donors (Lipinski definition) is 2. The minimum Gasteiger partial charge on any atom is -0.361 e. The maximum atomic E-state index is 4.68. The first kappa shape index (κ1) is 10.6. The molecular weight excluding hydrogens is 212 g/mol. The van der Waals surface area contributed by atoms with E-state index < -0.39 is 0 Å². The number of nitrogens with one attached hydrogen (secondary N) is 2. The lowest BCUT2D eigenvalue weighted by Gasteiger charge is -2.09. The molecule has 1 unspecified atom stereocenters. The molecular formula is C13H18N4. The van der Waals surface area contributed by atoms with Gasteiger partial charge >= 0.3 is 0 Å². The molecule has 0 saturated carbocycles. The molecule has 0 amide bonds. The first-order valence-electron chi connectivity index (χ1n) is 6.18. The van der Waals surface area contributed by atoms with Crippen molar-refractivity contribution in [1.29, 1.82) is 0 Å². The highest BCUT2D eigenvalue weighted by Crippen LogP contribution is 2.33. The minimum atomic E-state index is 0.410. The molecule has 4 nitrogen and oxygen atoms in total. The number of aromatic amines is 1. The third-order valence-electron chi connectivity index (χ3n) is 3.62. The molecule has 17 heavy (non-hydrogen) atoms. The summed E-state index contributed by atoms with van der Waals surface area (Å²) >= 11 is 0. The summed E-state index contributed by atoms with van der Waals surface area (Å²) < 4.78 is 1.98. The smallest absolute Gasteiger partial charge is 0.0889 e. The summed E-state index contributed by atoms with van der Waals surface area (Å²) in [4.78, 5) is 3.29. The maximum absolute atomic E-state index is 4.68. The molecule has 0 radical (unpaired) electrons. The zero-order chi connectivity index (χ0) is 11.8. The van der Waals surface area contributed by atoms with Crippen molar-refractivity contribution in [2.45, 2.75) is 25.8 Å². The molecule has 3 rings (SSSR count). The van der Waals surface area contributed by atoms with Gasteiger partial charge in [-0.3, -0.25) is 4.68 Å². The summed E-state index contributed by atoms with van der Waals surface area (Å²) in [5, 5.41) is 8.21. The number of aromatic nitrogens is 3. The third-order valence-corrected chi connectivity index (χ3v) is 3.62. The summed E-state index contributed by atoms with van der Waals surface area (Å²) in [6.07, 6.45) is 4.39. The fraction of sp³-hybridized carbons (Fsp3) is 0.462. The Hall–Kier alpha value is -1.55. The van der Waals surface area contributed by atoms with E-state index in [1.165, 1.54) is 35.5 Å². The molecule has 0 spiro atoms. The highest BCUT2D eigenvalue weighted by Gasteiger charge is 2.25. The second-order valence-electron chi connectivity index (χ2n) is 4.70. The van der Waals surface area contributed by atoms with Gasteiger partial charge in [0.05, 0.1) is 11.7 Å². The van der Waals surface area contributed by atoms with Crippen LogP contribution in [0.1, 0.15) is 30.3 Å². The highest BCUT2D eigenvalue weighted by atomic mass is 15.3. The van der Waals surface area contributed by atoms with Gasteiger partial charge in [-0.05, 0) is 38.4 Å². The van der Waals surface area contributed by atoms with Crippen LogP contribution in [-0.2, 0) is 7.05 Å². The van der Waals surface area contributed by atoms with Gasteiger partial charge in [0.15, 0.2) is 0 Å². The molecule has 1 aliphatic heterocycles. The standard InChI is InChI=1S/C13H18N4/c1-9-12(10-5-3-7-14-10)13(16-17(9)2)11-6-4-8-15-11/h3,5,7,11,14-15H,4,6,8H2,1-2H3. The number of hydrogen-bond acceptors (Lipinski definition) is 2. The topological polar surface area (TPSA) is 45.6 Å². The molecule has 2 aromatic rings. The summed E-state index contributed by atoms with van der Waals surface area (Å²) in [5.74, 6) is 0.